The molecule has 126 valence electrons. The van der Waals surface area contributed by atoms with Crippen molar-refractivity contribution in [1.82, 2.24) is 15.2 Å². The van der Waals surface area contributed by atoms with Crippen molar-refractivity contribution in [3.8, 4) is 11.4 Å². The number of aromatic nitrogens is 3. The Hall–Kier alpha value is -3.55. The molecule has 1 aromatic heterocycles. The zero-order chi connectivity index (χ0) is 17.8. The molecule has 0 aliphatic heterocycles. The van der Waals surface area contributed by atoms with Crippen LogP contribution in [0.1, 0.15) is 11.4 Å². The third-order valence-corrected chi connectivity index (χ3v) is 3.51. The van der Waals surface area contributed by atoms with Crippen molar-refractivity contribution in [3.63, 3.8) is 0 Å². The number of aryl methyl sites for hydroxylation is 1. The number of benzene rings is 2. The second-order valence-corrected chi connectivity index (χ2v) is 5.47. The van der Waals surface area contributed by atoms with Gasteiger partial charge in [0.2, 0.25) is 5.91 Å². The Morgan fingerprint density at radius 3 is 2.64 bits per heavy atom. The lowest BCUT2D eigenvalue weighted by Crippen LogP contribution is -2.14. The van der Waals surface area contributed by atoms with E-state index < -0.39 is 4.92 Å². The van der Waals surface area contributed by atoms with E-state index >= 15 is 0 Å². The van der Waals surface area contributed by atoms with Crippen LogP contribution in [0.2, 0.25) is 0 Å². The quantitative estimate of drug-likeness (QED) is 0.549. The van der Waals surface area contributed by atoms with E-state index in [1.54, 1.807) is 24.3 Å². The molecule has 0 aliphatic carbocycles. The molecule has 8 heteroatoms. The van der Waals surface area contributed by atoms with Gasteiger partial charge in [-0.05, 0) is 36.8 Å². The van der Waals surface area contributed by atoms with Gasteiger partial charge in [-0.25, -0.2) is 4.98 Å². The Kier molecular flexibility index (Phi) is 4.51. The Morgan fingerprint density at radius 2 is 2.00 bits per heavy atom. The first-order chi connectivity index (χ1) is 12.0. The van der Waals surface area contributed by atoms with Gasteiger partial charge in [0.05, 0.1) is 11.3 Å². The zero-order valence-corrected chi connectivity index (χ0v) is 13.4. The van der Waals surface area contributed by atoms with E-state index in [0.717, 1.165) is 11.4 Å². The molecule has 0 bridgehead atoms. The monoisotopic (exact) mass is 337 g/mol. The van der Waals surface area contributed by atoms with Gasteiger partial charge in [0.1, 0.15) is 5.82 Å². The minimum atomic E-state index is -0.481. The number of H-pyrrole nitrogens is 1. The summed E-state index contributed by atoms with van der Waals surface area (Å²) in [5.74, 6) is 1.07. The number of nitro benzene ring substituents is 1. The smallest absolute Gasteiger partial charge is 0.269 e. The highest BCUT2D eigenvalue weighted by atomic mass is 16.6. The van der Waals surface area contributed by atoms with Crippen LogP contribution < -0.4 is 5.32 Å². The van der Waals surface area contributed by atoms with Crippen LogP contribution in [0.5, 0.6) is 0 Å². The van der Waals surface area contributed by atoms with Gasteiger partial charge in [-0.3, -0.25) is 20.0 Å². The van der Waals surface area contributed by atoms with Crippen molar-refractivity contribution >= 4 is 17.3 Å². The van der Waals surface area contributed by atoms with Gasteiger partial charge in [-0.1, -0.05) is 12.1 Å². The third kappa shape index (κ3) is 4.05. The highest BCUT2D eigenvalue weighted by Gasteiger charge is 2.10. The summed E-state index contributed by atoms with van der Waals surface area (Å²) in [6, 6.07) is 13.2. The molecule has 0 spiro atoms. The first kappa shape index (κ1) is 16.3. The Balaban J connectivity index is 1.65. The topological polar surface area (TPSA) is 114 Å². The van der Waals surface area contributed by atoms with Crippen LogP contribution in [-0.4, -0.2) is 26.0 Å². The summed E-state index contributed by atoms with van der Waals surface area (Å²) in [7, 11) is 0. The number of aromatic amines is 1. The van der Waals surface area contributed by atoms with Crippen molar-refractivity contribution in [3.05, 3.63) is 70.0 Å². The van der Waals surface area contributed by atoms with E-state index in [2.05, 4.69) is 20.5 Å². The van der Waals surface area contributed by atoms with E-state index in [9.17, 15) is 14.9 Å². The molecule has 8 nitrogen and oxygen atoms in total. The fraction of sp³-hybridized carbons (Fsp3) is 0.118. The average molecular weight is 337 g/mol. The summed E-state index contributed by atoms with van der Waals surface area (Å²) in [6.07, 6.45) is 0.0591. The van der Waals surface area contributed by atoms with Crippen molar-refractivity contribution in [2.24, 2.45) is 0 Å². The number of carbonyl (C=O) groups excluding carboxylic acids is 1. The van der Waals surface area contributed by atoms with Crippen LogP contribution in [0.25, 0.3) is 11.4 Å². The van der Waals surface area contributed by atoms with E-state index in [4.69, 9.17) is 0 Å². The average Bonchev–Trinajstić information content (AvgIpc) is 3.02. The summed E-state index contributed by atoms with van der Waals surface area (Å²) in [5.41, 5.74) is 2.02. The summed E-state index contributed by atoms with van der Waals surface area (Å²) in [6.45, 7) is 1.82. The lowest BCUT2D eigenvalue weighted by Gasteiger charge is -2.06. The highest BCUT2D eigenvalue weighted by Crippen LogP contribution is 2.18. The summed E-state index contributed by atoms with van der Waals surface area (Å²) >= 11 is 0. The molecule has 0 saturated heterocycles. The number of rotatable bonds is 5. The molecule has 1 amide bonds. The molecule has 3 aromatic rings. The standard InChI is InChI=1S/C17H15N5O3/c1-11-18-17(21-20-11)13-5-7-14(8-6-13)19-16(23)10-12-3-2-4-15(9-12)22(24)25/h2-9H,10H2,1H3,(H,19,23)(H,18,20,21). The number of nitrogens with zero attached hydrogens (tertiary/aromatic N) is 3. The second kappa shape index (κ2) is 6.91. The molecule has 25 heavy (non-hydrogen) atoms. The van der Waals surface area contributed by atoms with Crippen molar-refractivity contribution < 1.29 is 9.72 Å². The molecule has 2 aromatic carbocycles. The number of nitro groups is 1. The summed E-state index contributed by atoms with van der Waals surface area (Å²) in [5, 5.41) is 20.4. The van der Waals surface area contributed by atoms with Crippen molar-refractivity contribution in [1.29, 1.82) is 0 Å². The lowest BCUT2D eigenvalue weighted by molar-refractivity contribution is -0.384. The van der Waals surface area contributed by atoms with Crippen LogP contribution >= 0.6 is 0 Å². The lowest BCUT2D eigenvalue weighted by atomic mass is 10.1. The van der Waals surface area contributed by atoms with Gasteiger partial charge in [0.15, 0.2) is 5.82 Å². The molecule has 0 saturated carbocycles. The maximum atomic E-state index is 12.1. The maximum absolute atomic E-state index is 12.1. The molecule has 0 aliphatic rings. The molecule has 0 unspecified atom stereocenters. The van der Waals surface area contributed by atoms with Crippen LogP contribution in [0.3, 0.4) is 0 Å². The largest absolute Gasteiger partial charge is 0.326 e. The van der Waals surface area contributed by atoms with Crippen molar-refractivity contribution in [2.75, 3.05) is 5.32 Å². The number of non-ortho nitro benzene ring substituents is 1. The van der Waals surface area contributed by atoms with Gasteiger partial charge in [-0.15, -0.1) is 0 Å². The molecule has 1 heterocycles. The first-order valence-corrected chi connectivity index (χ1v) is 7.54. The first-order valence-electron chi connectivity index (χ1n) is 7.54. The van der Waals surface area contributed by atoms with Gasteiger partial charge in [0.25, 0.3) is 5.69 Å². The summed E-state index contributed by atoms with van der Waals surface area (Å²) < 4.78 is 0. The molecule has 0 radical (unpaired) electrons. The van der Waals surface area contributed by atoms with E-state index in [1.807, 2.05) is 19.1 Å². The molecular weight excluding hydrogens is 322 g/mol. The van der Waals surface area contributed by atoms with Crippen LogP contribution in [0, 0.1) is 17.0 Å². The van der Waals surface area contributed by atoms with Crippen molar-refractivity contribution in [2.45, 2.75) is 13.3 Å². The van der Waals surface area contributed by atoms with E-state index in [0.29, 0.717) is 17.1 Å². The molecule has 3 rings (SSSR count). The number of carbonyl (C=O) groups is 1. The van der Waals surface area contributed by atoms with Gasteiger partial charge in [0, 0.05) is 23.4 Å². The number of amides is 1. The third-order valence-electron chi connectivity index (χ3n) is 3.51. The normalized spacial score (nSPS) is 10.4. The molecule has 0 atom stereocenters. The second-order valence-electron chi connectivity index (χ2n) is 5.47. The van der Waals surface area contributed by atoms with Crippen LogP contribution in [0.15, 0.2) is 48.5 Å². The Bertz CT molecular complexity index is 918. The minimum absolute atomic E-state index is 0.0311. The predicted molar refractivity (Wildman–Crippen MR) is 92.0 cm³/mol. The fourth-order valence-electron chi connectivity index (χ4n) is 2.35. The number of hydrogen-bond acceptors (Lipinski definition) is 5. The van der Waals surface area contributed by atoms with Gasteiger partial charge < -0.3 is 5.32 Å². The Labute approximate surface area is 143 Å². The van der Waals surface area contributed by atoms with Crippen LogP contribution in [-0.2, 0) is 11.2 Å². The van der Waals surface area contributed by atoms with Gasteiger partial charge >= 0.3 is 0 Å². The predicted octanol–water partition coefficient (Wildman–Crippen LogP) is 2.87. The highest BCUT2D eigenvalue weighted by molar-refractivity contribution is 5.92. The van der Waals surface area contributed by atoms with Crippen LogP contribution in [0.4, 0.5) is 11.4 Å². The number of nitrogens with one attached hydrogen (secondary N) is 2. The fourth-order valence-corrected chi connectivity index (χ4v) is 2.35. The minimum Gasteiger partial charge on any atom is -0.326 e. The van der Waals surface area contributed by atoms with Gasteiger partial charge in [-0.2, -0.15) is 5.10 Å². The zero-order valence-electron chi connectivity index (χ0n) is 13.4. The Morgan fingerprint density at radius 1 is 1.24 bits per heavy atom. The molecule has 0 fully saturated rings. The van der Waals surface area contributed by atoms with E-state index in [1.165, 1.54) is 12.1 Å². The maximum Gasteiger partial charge on any atom is 0.269 e. The molecular formula is C17H15N5O3. The number of anilines is 1. The summed E-state index contributed by atoms with van der Waals surface area (Å²) in [4.78, 5) is 26.6. The SMILES string of the molecule is Cc1nc(-c2ccc(NC(=O)Cc3cccc([N+](=O)[O-])c3)cc2)n[nH]1. The van der Waals surface area contributed by atoms with E-state index in [-0.39, 0.29) is 18.0 Å². The number of hydrogen-bond donors (Lipinski definition) is 2. The molecule has 2 N–H and O–H groups in total.